The van der Waals surface area contributed by atoms with E-state index in [2.05, 4.69) is 5.32 Å². The minimum absolute atomic E-state index is 0.0833. The molecule has 1 aliphatic heterocycles. The number of piperidine rings is 1. The number of ether oxygens (including phenoxy) is 1. The second-order valence-corrected chi connectivity index (χ2v) is 9.53. The van der Waals surface area contributed by atoms with Crippen LogP contribution in [0.2, 0.25) is 0 Å². The number of amides is 1. The molecule has 1 saturated heterocycles. The van der Waals surface area contributed by atoms with E-state index in [4.69, 9.17) is 4.74 Å². The van der Waals surface area contributed by atoms with Gasteiger partial charge in [0.25, 0.3) is 5.91 Å². The Morgan fingerprint density at radius 1 is 1.10 bits per heavy atom. The summed E-state index contributed by atoms with van der Waals surface area (Å²) in [5.41, 5.74) is 0.127. The molecule has 1 fully saturated rings. The average molecular weight is 421 g/mol. The van der Waals surface area contributed by atoms with Gasteiger partial charge in [0.1, 0.15) is 11.6 Å². The van der Waals surface area contributed by atoms with Crippen molar-refractivity contribution in [2.75, 3.05) is 25.5 Å². The maximum absolute atomic E-state index is 14.3. The summed E-state index contributed by atoms with van der Waals surface area (Å²) in [5, 5.41) is 2.58. The van der Waals surface area contributed by atoms with Crippen molar-refractivity contribution in [2.45, 2.75) is 25.2 Å². The molecular weight excluding hydrogens is 395 g/mol. The number of sulfonamides is 1. The van der Waals surface area contributed by atoms with Crippen molar-refractivity contribution < 1.29 is 22.3 Å². The van der Waals surface area contributed by atoms with Crippen molar-refractivity contribution in [3.63, 3.8) is 0 Å². The van der Waals surface area contributed by atoms with Crippen LogP contribution < -0.4 is 10.1 Å². The number of benzene rings is 2. The summed E-state index contributed by atoms with van der Waals surface area (Å²) in [5.74, 6) is -0.397. The van der Waals surface area contributed by atoms with Crippen LogP contribution in [0, 0.1) is 17.7 Å². The Labute approximate surface area is 170 Å². The predicted octanol–water partition coefficient (Wildman–Crippen LogP) is 3.75. The minimum Gasteiger partial charge on any atom is -0.497 e. The number of carbonyl (C=O) groups is 1. The summed E-state index contributed by atoms with van der Waals surface area (Å²) >= 11 is 0. The van der Waals surface area contributed by atoms with Gasteiger partial charge in [0, 0.05) is 18.8 Å². The number of nitrogens with zero attached hydrogens (tertiary/aromatic N) is 1. The Balaban J connectivity index is 1.85. The molecule has 3 rings (SSSR count). The third kappa shape index (κ3) is 4.76. The fourth-order valence-electron chi connectivity index (χ4n) is 3.66. The lowest BCUT2D eigenvalue weighted by Gasteiger charge is -2.34. The van der Waals surface area contributed by atoms with Crippen molar-refractivity contribution in [3.8, 4) is 5.75 Å². The lowest BCUT2D eigenvalue weighted by molar-refractivity contribution is 0.102. The van der Waals surface area contributed by atoms with Gasteiger partial charge in [0.15, 0.2) is 0 Å². The zero-order valence-electron chi connectivity index (χ0n) is 16.7. The minimum atomic E-state index is -3.81. The first-order chi connectivity index (χ1) is 13.7. The molecule has 0 spiro atoms. The van der Waals surface area contributed by atoms with Crippen LogP contribution in [-0.2, 0) is 10.0 Å². The lowest BCUT2D eigenvalue weighted by Crippen LogP contribution is -2.42. The molecule has 1 heterocycles. The van der Waals surface area contributed by atoms with Crippen molar-refractivity contribution in [1.82, 2.24) is 4.31 Å². The number of halogens is 1. The van der Waals surface area contributed by atoms with E-state index in [1.165, 1.54) is 17.5 Å². The zero-order chi connectivity index (χ0) is 21.2. The lowest BCUT2D eigenvalue weighted by atomic mass is 9.94. The first-order valence-corrected chi connectivity index (χ1v) is 10.9. The maximum atomic E-state index is 14.3. The van der Waals surface area contributed by atoms with E-state index < -0.39 is 21.7 Å². The van der Waals surface area contributed by atoms with E-state index >= 15 is 0 Å². The van der Waals surface area contributed by atoms with Crippen molar-refractivity contribution >= 4 is 21.6 Å². The van der Waals surface area contributed by atoms with Gasteiger partial charge in [-0.15, -0.1) is 0 Å². The third-order valence-corrected chi connectivity index (χ3v) is 6.83. The Hall–Kier alpha value is -2.45. The topological polar surface area (TPSA) is 75.7 Å². The van der Waals surface area contributed by atoms with Gasteiger partial charge < -0.3 is 10.1 Å². The first-order valence-electron chi connectivity index (χ1n) is 9.46. The van der Waals surface area contributed by atoms with Crippen LogP contribution in [-0.4, -0.2) is 38.8 Å². The SMILES string of the molecule is COc1ccc(NC(=O)c2cc(S(=O)(=O)N3C[C@H](C)C[C@H](C)C3)ccc2F)cc1. The fraction of sp³-hybridized carbons (Fsp3) is 0.381. The summed E-state index contributed by atoms with van der Waals surface area (Å²) < 4.78 is 46.9. The highest BCUT2D eigenvalue weighted by atomic mass is 32.2. The standard InChI is InChI=1S/C21H25FN2O4S/c1-14-10-15(2)13-24(12-14)29(26,27)18-8-9-20(22)19(11-18)21(25)23-16-4-6-17(28-3)7-5-16/h4-9,11,14-15H,10,12-13H2,1-3H3,(H,23,25)/t14-,15+. The second-order valence-electron chi connectivity index (χ2n) is 7.59. The molecule has 0 saturated carbocycles. The van der Waals surface area contributed by atoms with E-state index in [1.807, 2.05) is 13.8 Å². The number of methoxy groups -OCH3 is 1. The molecule has 8 heteroatoms. The molecular formula is C21H25FN2O4S. The van der Waals surface area contributed by atoms with Crippen LogP contribution in [0.1, 0.15) is 30.6 Å². The zero-order valence-corrected chi connectivity index (χ0v) is 17.5. The van der Waals surface area contributed by atoms with Crippen LogP contribution in [0.25, 0.3) is 0 Å². The molecule has 0 aliphatic carbocycles. The molecule has 6 nitrogen and oxygen atoms in total. The molecule has 1 N–H and O–H groups in total. The predicted molar refractivity (Wildman–Crippen MR) is 109 cm³/mol. The van der Waals surface area contributed by atoms with Gasteiger partial charge >= 0.3 is 0 Å². The highest BCUT2D eigenvalue weighted by Gasteiger charge is 2.32. The quantitative estimate of drug-likeness (QED) is 0.799. The van der Waals surface area contributed by atoms with Gasteiger partial charge in [-0.05, 0) is 60.7 Å². The summed E-state index contributed by atoms with van der Waals surface area (Å²) in [6.07, 6.45) is 0.963. The van der Waals surface area contributed by atoms with Crippen LogP contribution in [0.15, 0.2) is 47.4 Å². The van der Waals surface area contributed by atoms with Crippen LogP contribution >= 0.6 is 0 Å². The molecule has 1 amide bonds. The monoisotopic (exact) mass is 420 g/mol. The number of rotatable bonds is 5. The summed E-state index contributed by atoms with van der Waals surface area (Å²) in [6, 6.07) is 9.88. The Morgan fingerprint density at radius 3 is 2.31 bits per heavy atom. The van der Waals surface area contributed by atoms with Crippen molar-refractivity contribution in [2.24, 2.45) is 11.8 Å². The van der Waals surface area contributed by atoms with E-state index in [0.29, 0.717) is 24.5 Å². The van der Waals surface area contributed by atoms with Gasteiger partial charge in [0.05, 0.1) is 17.6 Å². The van der Waals surface area contributed by atoms with Gasteiger partial charge in [-0.2, -0.15) is 4.31 Å². The molecule has 0 radical (unpaired) electrons. The molecule has 0 bridgehead atoms. The Morgan fingerprint density at radius 2 is 1.72 bits per heavy atom. The number of carbonyl (C=O) groups excluding carboxylic acids is 1. The molecule has 156 valence electrons. The van der Waals surface area contributed by atoms with E-state index in [-0.39, 0.29) is 22.3 Å². The van der Waals surface area contributed by atoms with E-state index in [1.54, 1.807) is 24.3 Å². The van der Waals surface area contributed by atoms with Gasteiger partial charge in [0.2, 0.25) is 10.0 Å². The highest BCUT2D eigenvalue weighted by molar-refractivity contribution is 7.89. The number of nitrogens with one attached hydrogen (secondary N) is 1. The smallest absolute Gasteiger partial charge is 0.258 e. The maximum Gasteiger partial charge on any atom is 0.258 e. The summed E-state index contributed by atoms with van der Waals surface area (Å²) in [6.45, 7) is 4.85. The second kappa shape index (κ2) is 8.51. The summed E-state index contributed by atoms with van der Waals surface area (Å²) in [7, 11) is -2.29. The Bertz CT molecular complexity index is 982. The number of anilines is 1. The third-order valence-electron chi connectivity index (χ3n) is 5.00. The highest BCUT2D eigenvalue weighted by Crippen LogP contribution is 2.28. The van der Waals surface area contributed by atoms with Gasteiger partial charge in [-0.25, -0.2) is 12.8 Å². The van der Waals surface area contributed by atoms with Crippen LogP contribution in [0.5, 0.6) is 5.75 Å². The van der Waals surface area contributed by atoms with Crippen LogP contribution in [0.4, 0.5) is 10.1 Å². The number of hydrogen-bond donors (Lipinski definition) is 1. The molecule has 0 unspecified atom stereocenters. The van der Waals surface area contributed by atoms with Gasteiger partial charge in [-0.3, -0.25) is 4.79 Å². The van der Waals surface area contributed by atoms with Crippen molar-refractivity contribution in [3.05, 3.63) is 53.8 Å². The molecule has 1 aliphatic rings. The molecule has 29 heavy (non-hydrogen) atoms. The normalized spacial score (nSPS) is 20.3. The fourth-order valence-corrected chi connectivity index (χ4v) is 5.37. The number of hydrogen-bond acceptors (Lipinski definition) is 4. The molecule has 2 aromatic rings. The van der Waals surface area contributed by atoms with E-state index in [0.717, 1.165) is 18.6 Å². The van der Waals surface area contributed by atoms with Crippen molar-refractivity contribution in [1.29, 1.82) is 0 Å². The molecule has 2 atom stereocenters. The van der Waals surface area contributed by atoms with E-state index in [9.17, 15) is 17.6 Å². The Kier molecular flexibility index (Phi) is 6.24. The molecule has 0 aromatic heterocycles. The van der Waals surface area contributed by atoms with Crippen LogP contribution in [0.3, 0.4) is 0 Å². The van der Waals surface area contributed by atoms with Gasteiger partial charge in [-0.1, -0.05) is 13.8 Å². The molecule has 2 aromatic carbocycles. The first kappa shape index (κ1) is 21.3. The average Bonchev–Trinajstić information content (AvgIpc) is 2.68. The summed E-state index contributed by atoms with van der Waals surface area (Å²) in [4.78, 5) is 12.5. The largest absolute Gasteiger partial charge is 0.497 e.